The SMILES string of the molecule is C[Si]1(C)CC=CC[Si](C)(C)CC=CC1. The summed E-state index contributed by atoms with van der Waals surface area (Å²) in [5.74, 6) is 0. The molecule has 0 unspecified atom stereocenters. The maximum atomic E-state index is 2.49. The standard InChI is InChI=1S/C12H24Si2/c1-13(2)9-5-7-11-14(3,4)12-8-6-10-13/h5-8H,9-12H2,1-4H3. The lowest BCUT2D eigenvalue weighted by molar-refractivity contribution is 1.34. The van der Waals surface area contributed by atoms with Crippen molar-refractivity contribution in [1.29, 1.82) is 0 Å². The van der Waals surface area contributed by atoms with Crippen molar-refractivity contribution in [3.8, 4) is 0 Å². The molecular weight excluding hydrogens is 200 g/mol. The first kappa shape index (κ1) is 12.0. The van der Waals surface area contributed by atoms with Gasteiger partial charge in [-0.3, -0.25) is 0 Å². The fourth-order valence-electron chi connectivity index (χ4n) is 1.78. The zero-order chi connectivity index (χ0) is 10.7. The van der Waals surface area contributed by atoms with E-state index >= 15 is 0 Å². The van der Waals surface area contributed by atoms with Crippen LogP contribution < -0.4 is 0 Å². The lowest BCUT2D eigenvalue weighted by atomic mass is 10.6. The van der Waals surface area contributed by atoms with Gasteiger partial charge in [0.25, 0.3) is 0 Å². The van der Waals surface area contributed by atoms with Gasteiger partial charge < -0.3 is 0 Å². The third kappa shape index (κ3) is 4.42. The highest BCUT2D eigenvalue weighted by atomic mass is 28.3. The highest BCUT2D eigenvalue weighted by molar-refractivity contribution is 6.79. The number of allylic oxidation sites excluding steroid dienone is 4. The normalized spacial score (nSPS) is 26.0. The minimum absolute atomic E-state index is 0.932. The van der Waals surface area contributed by atoms with E-state index in [1.54, 1.807) is 0 Å². The molecule has 0 amide bonds. The predicted octanol–water partition coefficient (Wildman–Crippen LogP) is 4.53. The second-order valence-electron chi connectivity index (χ2n) is 6.09. The van der Waals surface area contributed by atoms with Crippen LogP contribution in [0.5, 0.6) is 0 Å². The van der Waals surface area contributed by atoms with Gasteiger partial charge in [0.05, 0.1) is 16.1 Å². The predicted molar refractivity (Wildman–Crippen MR) is 72.5 cm³/mol. The molecule has 1 aliphatic heterocycles. The Morgan fingerprint density at radius 3 is 1.00 bits per heavy atom. The Kier molecular flexibility index (Phi) is 3.96. The minimum Gasteiger partial charge on any atom is -0.0915 e. The maximum absolute atomic E-state index is 2.49. The van der Waals surface area contributed by atoms with Crippen LogP contribution in [-0.2, 0) is 0 Å². The van der Waals surface area contributed by atoms with E-state index in [0.717, 1.165) is 0 Å². The van der Waals surface area contributed by atoms with Crippen molar-refractivity contribution in [2.24, 2.45) is 0 Å². The van der Waals surface area contributed by atoms with Crippen molar-refractivity contribution in [3.05, 3.63) is 24.3 Å². The summed E-state index contributed by atoms with van der Waals surface area (Å²) >= 11 is 0. The first-order valence-corrected chi connectivity index (χ1v) is 12.5. The van der Waals surface area contributed by atoms with Crippen LogP contribution in [0, 0.1) is 0 Å². The summed E-state index contributed by atoms with van der Waals surface area (Å²) in [5.41, 5.74) is 0. The van der Waals surface area contributed by atoms with E-state index in [2.05, 4.69) is 50.5 Å². The van der Waals surface area contributed by atoms with Gasteiger partial charge in [0.15, 0.2) is 0 Å². The van der Waals surface area contributed by atoms with Gasteiger partial charge in [-0.05, 0) is 24.2 Å². The third-order valence-electron chi connectivity index (χ3n) is 3.02. The Balaban J connectivity index is 2.65. The molecule has 0 saturated heterocycles. The molecule has 80 valence electrons. The van der Waals surface area contributed by atoms with E-state index in [1.807, 2.05) is 0 Å². The molecule has 0 N–H and O–H groups in total. The molecule has 1 rings (SSSR count). The van der Waals surface area contributed by atoms with Crippen LogP contribution in [0.4, 0.5) is 0 Å². The van der Waals surface area contributed by atoms with Crippen molar-refractivity contribution in [3.63, 3.8) is 0 Å². The van der Waals surface area contributed by atoms with Crippen molar-refractivity contribution in [2.45, 2.75) is 50.4 Å². The Bertz CT molecular complexity index is 191. The smallest absolute Gasteiger partial charge is 0.0548 e. The summed E-state index contributed by atoms with van der Waals surface area (Å²) in [5, 5.41) is 0. The molecule has 0 aromatic rings. The second kappa shape index (κ2) is 4.62. The molecule has 0 bridgehead atoms. The molecular formula is C12H24Si2. The van der Waals surface area contributed by atoms with Crippen molar-refractivity contribution < 1.29 is 0 Å². The van der Waals surface area contributed by atoms with Gasteiger partial charge in [-0.15, -0.1) is 0 Å². The monoisotopic (exact) mass is 224 g/mol. The van der Waals surface area contributed by atoms with E-state index < -0.39 is 16.1 Å². The second-order valence-corrected chi connectivity index (χ2v) is 16.4. The summed E-state index contributed by atoms with van der Waals surface area (Å²) in [6.45, 7) is 9.97. The van der Waals surface area contributed by atoms with E-state index in [9.17, 15) is 0 Å². The lowest BCUT2D eigenvalue weighted by Gasteiger charge is -2.22. The topological polar surface area (TPSA) is 0 Å². The van der Waals surface area contributed by atoms with Crippen LogP contribution in [0.25, 0.3) is 0 Å². The molecule has 0 aliphatic carbocycles. The van der Waals surface area contributed by atoms with Crippen LogP contribution in [0.15, 0.2) is 24.3 Å². The molecule has 0 radical (unpaired) electrons. The molecule has 1 heterocycles. The summed E-state index contributed by atoms with van der Waals surface area (Å²) in [7, 11) is -1.86. The van der Waals surface area contributed by atoms with Crippen LogP contribution in [0.3, 0.4) is 0 Å². The molecule has 0 atom stereocenters. The van der Waals surface area contributed by atoms with Gasteiger partial charge in [-0.2, -0.15) is 0 Å². The summed E-state index contributed by atoms with van der Waals surface area (Å²) < 4.78 is 0. The van der Waals surface area contributed by atoms with Gasteiger partial charge >= 0.3 is 0 Å². The van der Waals surface area contributed by atoms with E-state index in [4.69, 9.17) is 0 Å². The fraction of sp³-hybridized carbons (Fsp3) is 0.667. The molecule has 0 fully saturated rings. The summed E-state index contributed by atoms with van der Waals surface area (Å²) in [4.78, 5) is 0. The molecule has 14 heavy (non-hydrogen) atoms. The Morgan fingerprint density at radius 2 is 0.786 bits per heavy atom. The molecule has 0 nitrogen and oxygen atoms in total. The summed E-state index contributed by atoms with van der Waals surface area (Å²) in [6.07, 6.45) is 9.83. The number of rotatable bonds is 0. The zero-order valence-electron chi connectivity index (χ0n) is 10.1. The van der Waals surface area contributed by atoms with Crippen LogP contribution in [-0.4, -0.2) is 16.1 Å². The van der Waals surface area contributed by atoms with Crippen molar-refractivity contribution in [2.75, 3.05) is 0 Å². The van der Waals surface area contributed by atoms with E-state index in [0.29, 0.717) is 0 Å². The fourth-order valence-corrected chi connectivity index (χ4v) is 5.33. The van der Waals surface area contributed by atoms with Gasteiger partial charge in [-0.25, -0.2) is 0 Å². The van der Waals surface area contributed by atoms with Crippen LogP contribution >= 0.6 is 0 Å². The Hall–Kier alpha value is -0.0862. The average molecular weight is 224 g/mol. The largest absolute Gasteiger partial charge is 0.0915 e. The first-order chi connectivity index (χ1) is 6.41. The molecule has 1 aliphatic rings. The molecule has 0 aromatic heterocycles. The van der Waals surface area contributed by atoms with Gasteiger partial charge in [-0.1, -0.05) is 50.5 Å². The quantitative estimate of drug-likeness (QED) is 0.419. The summed E-state index contributed by atoms with van der Waals surface area (Å²) in [6, 6.07) is 5.45. The molecule has 2 heteroatoms. The van der Waals surface area contributed by atoms with E-state index in [1.165, 1.54) is 24.2 Å². The Morgan fingerprint density at radius 1 is 0.571 bits per heavy atom. The van der Waals surface area contributed by atoms with Crippen LogP contribution in [0.1, 0.15) is 0 Å². The molecule has 0 aromatic carbocycles. The number of hydrogen-bond acceptors (Lipinski definition) is 0. The van der Waals surface area contributed by atoms with Crippen molar-refractivity contribution in [1.82, 2.24) is 0 Å². The maximum Gasteiger partial charge on any atom is 0.0548 e. The lowest BCUT2D eigenvalue weighted by Crippen LogP contribution is -2.25. The zero-order valence-corrected chi connectivity index (χ0v) is 12.1. The first-order valence-electron chi connectivity index (χ1n) is 5.71. The number of hydrogen-bond donors (Lipinski definition) is 0. The highest BCUT2D eigenvalue weighted by Gasteiger charge is 2.20. The van der Waals surface area contributed by atoms with Crippen molar-refractivity contribution >= 4 is 16.1 Å². The van der Waals surface area contributed by atoms with Gasteiger partial charge in [0, 0.05) is 0 Å². The Labute approximate surface area is 91.1 Å². The van der Waals surface area contributed by atoms with Crippen LogP contribution in [0.2, 0.25) is 50.4 Å². The molecule has 0 saturated carbocycles. The molecule has 0 spiro atoms. The highest BCUT2D eigenvalue weighted by Crippen LogP contribution is 2.22. The van der Waals surface area contributed by atoms with Gasteiger partial charge in [0.1, 0.15) is 0 Å². The average Bonchev–Trinajstić information content (AvgIpc) is 2.07. The van der Waals surface area contributed by atoms with Gasteiger partial charge in [0.2, 0.25) is 0 Å². The third-order valence-corrected chi connectivity index (χ3v) is 8.38. The van der Waals surface area contributed by atoms with E-state index in [-0.39, 0.29) is 0 Å². The minimum atomic E-state index is -0.932.